The molecule has 0 aliphatic rings. The number of hydrogen-bond donors (Lipinski definition) is 3. The number of aryl methyl sites for hydroxylation is 2. The van der Waals surface area contributed by atoms with Gasteiger partial charge < -0.3 is 10.3 Å². The fraction of sp³-hybridized carbons (Fsp3) is 0.250. The van der Waals surface area contributed by atoms with Gasteiger partial charge in [-0.2, -0.15) is 0 Å². The number of thioether (sulfide) groups is 1. The maximum absolute atomic E-state index is 12.4. The molecule has 0 fully saturated rings. The molecule has 3 aromatic rings. The van der Waals surface area contributed by atoms with Crippen molar-refractivity contribution in [2.75, 3.05) is 5.32 Å². The molecule has 0 saturated carbocycles. The normalized spacial score (nSPS) is 12.3. The van der Waals surface area contributed by atoms with Crippen molar-refractivity contribution in [2.45, 2.75) is 31.2 Å². The predicted molar refractivity (Wildman–Crippen MR) is 94.4 cm³/mol. The summed E-state index contributed by atoms with van der Waals surface area (Å²) in [5.74, 6) is -0.151. The van der Waals surface area contributed by atoms with Gasteiger partial charge in [-0.1, -0.05) is 30.0 Å². The van der Waals surface area contributed by atoms with Crippen LogP contribution in [0.3, 0.4) is 0 Å². The Morgan fingerprint density at radius 3 is 2.71 bits per heavy atom. The molecule has 7 nitrogen and oxygen atoms in total. The highest BCUT2D eigenvalue weighted by molar-refractivity contribution is 8.00. The lowest BCUT2D eigenvalue weighted by Gasteiger charge is -2.14. The Morgan fingerprint density at radius 2 is 2.00 bits per heavy atom. The summed E-state index contributed by atoms with van der Waals surface area (Å²) in [5.41, 5.74) is 3.19. The largest absolute Gasteiger partial charge is 0.339 e. The van der Waals surface area contributed by atoms with Crippen LogP contribution < -0.4 is 10.9 Å². The van der Waals surface area contributed by atoms with Crippen LogP contribution in [-0.2, 0) is 4.79 Å². The molecule has 8 heteroatoms. The Hall–Kier alpha value is -2.61. The highest BCUT2D eigenvalue weighted by atomic mass is 32.2. The molecule has 0 unspecified atom stereocenters. The van der Waals surface area contributed by atoms with Crippen molar-refractivity contribution in [2.24, 2.45) is 0 Å². The molecule has 0 bridgehead atoms. The van der Waals surface area contributed by atoms with Crippen LogP contribution in [-0.4, -0.2) is 31.1 Å². The van der Waals surface area contributed by atoms with Crippen LogP contribution in [0.5, 0.6) is 0 Å². The molecule has 2 aromatic heterocycles. The number of benzene rings is 1. The van der Waals surface area contributed by atoms with Crippen LogP contribution >= 0.6 is 11.8 Å². The van der Waals surface area contributed by atoms with Gasteiger partial charge in [0.05, 0.1) is 11.6 Å². The monoisotopic (exact) mass is 343 g/mol. The summed E-state index contributed by atoms with van der Waals surface area (Å²) in [6, 6.07) is 5.85. The van der Waals surface area contributed by atoms with Gasteiger partial charge in [-0.3, -0.25) is 14.6 Å². The van der Waals surface area contributed by atoms with E-state index in [1.54, 1.807) is 6.92 Å². The topological polar surface area (TPSA) is 104 Å². The van der Waals surface area contributed by atoms with Crippen LogP contribution in [0.2, 0.25) is 0 Å². The molecule has 0 aliphatic heterocycles. The molecular weight excluding hydrogens is 326 g/mol. The second kappa shape index (κ2) is 6.48. The van der Waals surface area contributed by atoms with E-state index in [2.05, 4.69) is 25.3 Å². The molecule has 0 saturated heterocycles. The van der Waals surface area contributed by atoms with E-state index in [4.69, 9.17) is 0 Å². The number of para-hydroxylation sites is 1. The SMILES string of the molecule is Cc1cccc(C)c1NC(=O)[C@H](C)Sc1nc2nc[nH]c2c(=O)[nH]1. The van der Waals surface area contributed by atoms with Gasteiger partial charge in [-0.25, -0.2) is 9.97 Å². The van der Waals surface area contributed by atoms with E-state index in [1.807, 2.05) is 32.0 Å². The van der Waals surface area contributed by atoms with Crippen molar-refractivity contribution in [3.8, 4) is 0 Å². The third-order valence-corrected chi connectivity index (χ3v) is 4.65. The van der Waals surface area contributed by atoms with E-state index >= 15 is 0 Å². The number of imidazole rings is 1. The van der Waals surface area contributed by atoms with Gasteiger partial charge in [0.1, 0.15) is 0 Å². The minimum Gasteiger partial charge on any atom is -0.339 e. The summed E-state index contributed by atoms with van der Waals surface area (Å²) < 4.78 is 0. The Labute approximate surface area is 142 Å². The minimum atomic E-state index is -0.427. The molecule has 1 atom stereocenters. The van der Waals surface area contributed by atoms with Gasteiger partial charge in [0.2, 0.25) is 5.91 Å². The number of fused-ring (bicyclic) bond motifs is 1. The summed E-state index contributed by atoms with van der Waals surface area (Å²) in [4.78, 5) is 38.0. The van der Waals surface area contributed by atoms with E-state index in [9.17, 15) is 9.59 Å². The lowest BCUT2D eigenvalue weighted by Crippen LogP contribution is -2.24. The first-order valence-corrected chi connectivity index (χ1v) is 8.31. The van der Waals surface area contributed by atoms with Crippen LogP contribution in [0, 0.1) is 13.8 Å². The molecule has 24 heavy (non-hydrogen) atoms. The third kappa shape index (κ3) is 3.18. The number of aromatic amines is 2. The zero-order valence-corrected chi connectivity index (χ0v) is 14.3. The quantitative estimate of drug-likeness (QED) is 0.498. The van der Waals surface area contributed by atoms with Crippen molar-refractivity contribution in [1.29, 1.82) is 0 Å². The summed E-state index contributed by atoms with van der Waals surface area (Å²) in [6.45, 7) is 5.66. The number of carbonyl (C=O) groups excluding carboxylic acids is 1. The van der Waals surface area contributed by atoms with Gasteiger partial charge in [0.25, 0.3) is 5.56 Å². The number of H-pyrrole nitrogens is 2. The first kappa shape index (κ1) is 16.3. The molecule has 124 valence electrons. The van der Waals surface area contributed by atoms with Crippen molar-refractivity contribution >= 4 is 34.5 Å². The van der Waals surface area contributed by atoms with Crippen LogP contribution in [0.1, 0.15) is 18.1 Å². The van der Waals surface area contributed by atoms with Crippen molar-refractivity contribution in [3.05, 3.63) is 46.0 Å². The Morgan fingerprint density at radius 1 is 1.29 bits per heavy atom. The van der Waals surface area contributed by atoms with Crippen LogP contribution in [0.15, 0.2) is 34.5 Å². The van der Waals surface area contributed by atoms with Gasteiger partial charge in [0.15, 0.2) is 16.3 Å². The highest BCUT2D eigenvalue weighted by Crippen LogP contribution is 2.23. The highest BCUT2D eigenvalue weighted by Gasteiger charge is 2.18. The van der Waals surface area contributed by atoms with Crippen LogP contribution in [0.25, 0.3) is 11.2 Å². The maximum atomic E-state index is 12.4. The smallest absolute Gasteiger partial charge is 0.277 e. The number of amides is 1. The van der Waals surface area contributed by atoms with Crippen molar-refractivity contribution < 1.29 is 4.79 Å². The molecule has 0 spiro atoms. The van der Waals surface area contributed by atoms with Gasteiger partial charge in [0, 0.05) is 5.69 Å². The summed E-state index contributed by atoms with van der Waals surface area (Å²) in [5, 5.41) is 2.88. The second-order valence-corrected chi connectivity index (χ2v) is 6.82. The minimum absolute atomic E-state index is 0.151. The third-order valence-electron chi connectivity index (χ3n) is 3.66. The lowest BCUT2D eigenvalue weighted by molar-refractivity contribution is -0.115. The number of carbonyl (C=O) groups is 1. The van der Waals surface area contributed by atoms with E-state index in [1.165, 1.54) is 18.1 Å². The summed E-state index contributed by atoms with van der Waals surface area (Å²) in [7, 11) is 0. The molecule has 0 radical (unpaired) electrons. The summed E-state index contributed by atoms with van der Waals surface area (Å²) >= 11 is 1.18. The number of nitrogens with zero attached hydrogens (tertiary/aromatic N) is 2. The van der Waals surface area contributed by atoms with E-state index < -0.39 is 5.25 Å². The standard InChI is InChI=1S/C16H17N5O2S/c1-8-5-4-6-9(2)11(8)19-14(22)10(3)24-16-20-13-12(15(23)21-16)17-7-18-13/h4-7,10H,1-3H3,(H,19,22)(H2,17,18,20,21,23)/t10-/m0/s1. The molecule has 1 amide bonds. The van der Waals surface area contributed by atoms with E-state index in [0.717, 1.165) is 16.8 Å². The van der Waals surface area contributed by atoms with Gasteiger partial charge >= 0.3 is 0 Å². The first-order chi connectivity index (χ1) is 11.5. The zero-order chi connectivity index (χ0) is 17.3. The number of aromatic nitrogens is 4. The predicted octanol–water partition coefficient (Wildman–Crippen LogP) is 2.38. The molecule has 1 aromatic carbocycles. The van der Waals surface area contributed by atoms with Crippen LogP contribution in [0.4, 0.5) is 5.69 Å². The molecule has 2 heterocycles. The Kier molecular flexibility index (Phi) is 4.39. The van der Waals surface area contributed by atoms with E-state index in [-0.39, 0.29) is 11.5 Å². The zero-order valence-electron chi connectivity index (χ0n) is 13.5. The Balaban J connectivity index is 1.77. The Bertz CT molecular complexity index is 942. The second-order valence-electron chi connectivity index (χ2n) is 5.49. The average Bonchev–Trinajstić information content (AvgIpc) is 3.00. The van der Waals surface area contributed by atoms with Gasteiger partial charge in [-0.15, -0.1) is 0 Å². The number of anilines is 1. The fourth-order valence-electron chi connectivity index (χ4n) is 2.34. The number of rotatable bonds is 4. The number of hydrogen-bond acceptors (Lipinski definition) is 5. The fourth-order valence-corrected chi connectivity index (χ4v) is 3.13. The van der Waals surface area contributed by atoms with E-state index in [0.29, 0.717) is 16.3 Å². The van der Waals surface area contributed by atoms with Gasteiger partial charge in [-0.05, 0) is 31.9 Å². The van der Waals surface area contributed by atoms with Crippen molar-refractivity contribution in [1.82, 2.24) is 19.9 Å². The molecule has 3 N–H and O–H groups in total. The molecular formula is C16H17N5O2S. The average molecular weight is 343 g/mol. The molecule has 3 rings (SSSR count). The maximum Gasteiger partial charge on any atom is 0.277 e. The van der Waals surface area contributed by atoms with Crippen molar-refractivity contribution in [3.63, 3.8) is 0 Å². The molecule has 0 aliphatic carbocycles. The summed E-state index contributed by atoms with van der Waals surface area (Å²) in [6.07, 6.45) is 1.42. The first-order valence-electron chi connectivity index (χ1n) is 7.43. The lowest BCUT2D eigenvalue weighted by atomic mass is 10.1. The number of nitrogens with one attached hydrogen (secondary N) is 3.